The van der Waals surface area contributed by atoms with E-state index in [2.05, 4.69) is 16.4 Å². The molecule has 0 unspecified atom stereocenters. The van der Waals surface area contributed by atoms with E-state index in [1.165, 1.54) is 7.11 Å². The number of anilines is 2. The minimum absolute atomic E-state index is 0.418. The first-order valence-corrected chi connectivity index (χ1v) is 9.86. The Balaban J connectivity index is 1.86. The molecule has 4 aromatic rings. The highest BCUT2D eigenvalue weighted by molar-refractivity contribution is 7.22. The lowest BCUT2D eigenvalue weighted by Crippen LogP contribution is -1.97. The van der Waals surface area contributed by atoms with Gasteiger partial charge in [0.15, 0.2) is 0 Å². The van der Waals surface area contributed by atoms with Crippen molar-refractivity contribution in [3.63, 3.8) is 0 Å². The molecule has 0 fully saturated rings. The van der Waals surface area contributed by atoms with Crippen LogP contribution in [0.4, 0.5) is 11.4 Å². The summed E-state index contributed by atoms with van der Waals surface area (Å²) in [5.41, 5.74) is 3.59. The highest BCUT2D eigenvalue weighted by atomic mass is 35.5. The molecule has 0 saturated carbocycles. The van der Waals surface area contributed by atoms with E-state index in [0.29, 0.717) is 32.7 Å². The average molecular weight is 426 g/mol. The average Bonchev–Trinajstić information content (AvgIpc) is 3.15. The van der Waals surface area contributed by atoms with Crippen LogP contribution in [0.25, 0.3) is 20.7 Å². The Kier molecular flexibility index (Phi) is 5.10. The van der Waals surface area contributed by atoms with Crippen LogP contribution in [0.5, 0.6) is 5.75 Å². The van der Waals surface area contributed by atoms with Crippen LogP contribution in [0.15, 0.2) is 54.7 Å². The van der Waals surface area contributed by atoms with Gasteiger partial charge in [0, 0.05) is 17.1 Å². The molecule has 0 aliphatic rings. The summed E-state index contributed by atoms with van der Waals surface area (Å²) in [6.07, 6.45) is 1.56. The zero-order valence-corrected chi connectivity index (χ0v) is 17.0. The summed E-state index contributed by atoms with van der Waals surface area (Å²) < 4.78 is 6.16. The molecule has 0 radical (unpaired) electrons. The van der Waals surface area contributed by atoms with Gasteiger partial charge in [-0.25, -0.2) is 0 Å². The number of methoxy groups -OCH3 is 1. The van der Waals surface area contributed by atoms with Gasteiger partial charge in [-0.2, -0.15) is 5.26 Å². The topological polar surface area (TPSA) is 57.9 Å². The summed E-state index contributed by atoms with van der Waals surface area (Å²) >= 11 is 14.1. The van der Waals surface area contributed by atoms with Crippen molar-refractivity contribution in [1.29, 1.82) is 5.26 Å². The molecule has 0 aliphatic heterocycles. The third-order valence-corrected chi connectivity index (χ3v) is 6.02. The number of ether oxygens (including phenoxy) is 1. The molecule has 4 nitrogen and oxygen atoms in total. The van der Waals surface area contributed by atoms with Gasteiger partial charge in [-0.3, -0.25) is 4.98 Å². The van der Waals surface area contributed by atoms with Crippen LogP contribution < -0.4 is 10.1 Å². The molecule has 2 aromatic carbocycles. The lowest BCUT2D eigenvalue weighted by Gasteiger charge is -2.13. The zero-order valence-electron chi connectivity index (χ0n) is 14.7. The van der Waals surface area contributed by atoms with Gasteiger partial charge in [0.1, 0.15) is 11.8 Å². The van der Waals surface area contributed by atoms with E-state index in [1.54, 1.807) is 29.7 Å². The van der Waals surface area contributed by atoms with E-state index in [1.807, 2.05) is 36.4 Å². The molecule has 138 valence electrons. The maximum Gasteiger partial charge on any atom is 0.139 e. The van der Waals surface area contributed by atoms with Crippen LogP contribution in [-0.2, 0) is 0 Å². The molecule has 0 spiro atoms. The smallest absolute Gasteiger partial charge is 0.139 e. The van der Waals surface area contributed by atoms with Gasteiger partial charge in [-0.15, -0.1) is 11.3 Å². The maximum absolute atomic E-state index is 9.59. The summed E-state index contributed by atoms with van der Waals surface area (Å²) in [5.74, 6) is 0.494. The van der Waals surface area contributed by atoms with Crippen LogP contribution in [-0.4, -0.2) is 12.1 Å². The molecule has 0 saturated heterocycles. The number of hydrogen-bond acceptors (Lipinski definition) is 5. The summed E-state index contributed by atoms with van der Waals surface area (Å²) in [6, 6.07) is 17.6. The molecule has 0 atom stereocenters. The fraction of sp³-hybridized carbons (Fsp3) is 0.0476. The molecule has 0 amide bonds. The number of hydrogen-bond donors (Lipinski definition) is 1. The molecule has 28 heavy (non-hydrogen) atoms. The minimum Gasteiger partial charge on any atom is -0.495 e. The molecule has 0 bridgehead atoms. The van der Waals surface area contributed by atoms with Crippen LogP contribution >= 0.6 is 34.5 Å². The SMILES string of the molecule is COc1cc(Nc2c(C#N)cnc3cc(-c4ccccc4)sc23)c(Cl)cc1Cl. The van der Waals surface area contributed by atoms with Crippen molar-refractivity contribution in [3.05, 3.63) is 70.3 Å². The van der Waals surface area contributed by atoms with Crippen LogP contribution in [0.2, 0.25) is 10.0 Å². The number of thiophene rings is 1. The summed E-state index contributed by atoms with van der Waals surface area (Å²) in [5, 5.41) is 13.7. The fourth-order valence-corrected chi connectivity index (χ4v) is 4.48. The number of nitrogens with zero attached hydrogens (tertiary/aromatic N) is 2. The lowest BCUT2D eigenvalue weighted by atomic mass is 10.1. The molecule has 4 rings (SSSR count). The predicted octanol–water partition coefficient (Wildman–Crippen LogP) is 6.89. The van der Waals surface area contributed by atoms with Crippen LogP contribution in [0, 0.1) is 11.3 Å². The van der Waals surface area contributed by atoms with Crippen molar-refractivity contribution in [2.24, 2.45) is 0 Å². The summed E-state index contributed by atoms with van der Waals surface area (Å²) in [4.78, 5) is 5.51. The third-order valence-electron chi connectivity index (χ3n) is 4.22. The Morgan fingerprint density at radius 3 is 2.61 bits per heavy atom. The summed E-state index contributed by atoms with van der Waals surface area (Å²) in [6.45, 7) is 0. The van der Waals surface area contributed by atoms with Crippen LogP contribution in [0.3, 0.4) is 0 Å². The number of pyridine rings is 1. The van der Waals surface area contributed by atoms with Gasteiger partial charge in [0.05, 0.1) is 44.3 Å². The van der Waals surface area contributed by atoms with Crippen molar-refractivity contribution in [2.45, 2.75) is 0 Å². The Hall–Kier alpha value is -2.78. The second kappa shape index (κ2) is 7.69. The molecule has 1 N–H and O–H groups in total. The van der Waals surface area contributed by atoms with Gasteiger partial charge in [0.25, 0.3) is 0 Å². The van der Waals surface area contributed by atoms with E-state index in [4.69, 9.17) is 27.9 Å². The van der Waals surface area contributed by atoms with Crippen molar-refractivity contribution < 1.29 is 4.74 Å². The van der Waals surface area contributed by atoms with Crippen LogP contribution in [0.1, 0.15) is 5.56 Å². The number of rotatable bonds is 4. The van der Waals surface area contributed by atoms with E-state index < -0.39 is 0 Å². The number of nitriles is 1. The third kappa shape index (κ3) is 3.38. The number of aromatic nitrogens is 1. The van der Waals surface area contributed by atoms with E-state index >= 15 is 0 Å². The van der Waals surface area contributed by atoms with Gasteiger partial charge in [-0.05, 0) is 17.7 Å². The second-order valence-electron chi connectivity index (χ2n) is 5.94. The van der Waals surface area contributed by atoms with Crippen molar-refractivity contribution in [1.82, 2.24) is 4.98 Å². The molecular weight excluding hydrogens is 413 g/mol. The first-order valence-electron chi connectivity index (χ1n) is 8.29. The minimum atomic E-state index is 0.418. The molecule has 2 heterocycles. The standard InChI is InChI=1S/C21H13Cl2N3OS/c1-27-18-8-16(14(22)7-15(18)23)26-20-13(10-24)11-25-17-9-19(28-21(17)20)12-5-3-2-4-6-12/h2-9,11H,1H3,(H,25,26). The van der Waals surface area contributed by atoms with E-state index in [9.17, 15) is 5.26 Å². The lowest BCUT2D eigenvalue weighted by molar-refractivity contribution is 0.415. The van der Waals surface area contributed by atoms with Gasteiger partial charge < -0.3 is 10.1 Å². The largest absolute Gasteiger partial charge is 0.495 e. The van der Waals surface area contributed by atoms with Crippen molar-refractivity contribution in [3.8, 4) is 22.3 Å². The second-order valence-corrected chi connectivity index (χ2v) is 7.81. The molecule has 7 heteroatoms. The molecule has 0 aliphatic carbocycles. The Morgan fingerprint density at radius 2 is 1.89 bits per heavy atom. The molecular formula is C21H13Cl2N3OS. The normalized spacial score (nSPS) is 10.6. The first-order chi connectivity index (χ1) is 13.6. The Labute approximate surface area is 175 Å². The molecule has 2 aromatic heterocycles. The monoisotopic (exact) mass is 425 g/mol. The van der Waals surface area contributed by atoms with E-state index in [-0.39, 0.29) is 0 Å². The van der Waals surface area contributed by atoms with Gasteiger partial charge in [-0.1, -0.05) is 53.5 Å². The van der Waals surface area contributed by atoms with Crippen molar-refractivity contribution >= 4 is 56.1 Å². The maximum atomic E-state index is 9.59. The number of nitrogens with one attached hydrogen (secondary N) is 1. The number of benzene rings is 2. The van der Waals surface area contributed by atoms with Gasteiger partial charge in [0.2, 0.25) is 0 Å². The Bertz CT molecular complexity index is 1220. The fourth-order valence-electron chi connectivity index (χ4n) is 2.85. The quantitative estimate of drug-likeness (QED) is 0.386. The number of halogens is 2. The Morgan fingerprint density at radius 1 is 1.11 bits per heavy atom. The van der Waals surface area contributed by atoms with Crippen molar-refractivity contribution in [2.75, 3.05) is 12.4 Å². The predicted molar refractivity (Wildman–Crippen MR) is 116 cm³/mol. The van der Waals surface area contributed by atoms with E-state index in [0.717, 1.165) is 20.7 Å². The highest BCUT2D eigenvalue weighted by Crippen LogP contribution is 2.41. The highest BCUT2D eigenvalue weighted by Gasteiger charge is 2.16. The number of fused-ring (bicyclic) bond motifs is 1. The first kappa shape index (κ1) is 18.6. The van der Waals surface area contributed by atoms with Gasteiger partial charge >= 0.3 is 0 Å². The summed E-state index contributed by atoms with van der Waals surface area (Å²) in [7, 11) is 1.54. The zero-order chi connectivity index (χ0) is 19.7.